The second-order valence-electron chi connectivity index (χ2n) is 6.78. The number of aryl methyl sites for hydroxylation is 1. The Hall–Kier alpha value is -2.77. The molecule has 0 radical (unpaired) electrons. The van der Waals surface area contributed by atoms with Crippen molar-refractivity contribution in [3.05, 3.63) is 69.6 Å². The molecule has 1 aliphatic rings. The minimum absolute atomic E-state index is 0.129. The molecule has 6 nitrogen and oxygen atoms in total. The maximum Gasteiger partial charge on any atom is 0.293 e. The molecule has 2 aromatic rings. The number of thioether (sulfide) groups is 1. The van der Waals surface area contributed by atoms with Crippen molar-refractivity contribution < 1.29 is 19.1 Å². The molecule has 2 aromatic carbocycles. The van der Waals surface area contributed by atoms with E-state index in [2.05, 4.69) is 5.32 Å². The maximum atomic E-state index is 12.5. The number of imide groups is 1. The van der Waals surface area contributed by atoms with E-state index in [0.717, 1.165) is 33.5 Å². The lowest BCUT2D eigenvalue weighted by molar-refractivity contribution is -0.124. The van der Waals surface area contributed by atoms with Gasteiger partial charge in [0.2, 0.25) is 5.91 Å². The fourth-order valence-electron chi connectivity index (χ4n) is 3.05. The van der Waals surface area contributed by atoms with Crippen LogP contribution in [0.2, 0.25) is 5.02 Å². The molecular formula is C23H23ClN2O4S. The Balaban J connectivity index is 1.48. The number of halogens is 1. The molecule has 0 aromatic heterocycles. The normalized spacial score (nSPS) is 14.9. The van der Waals surface area contributed by atoms with Crippen molar-refractivity contribution in [2.75, 3.05) is 19.7 Å². The molecule has 1 fully saturated rings. The molecule has 0 spiro atoms. The summed E-state index contributed by atoms with van der Waals surface area (Å²) in [5.41, 5.74) is 1.76. The Labute approximate surface area is 190 Å². The molecule has 0 aliphatic carbocycles. The predicted octanol–water partition coefficient (Wildman–Crippen LogP) is 4.52. The first-order valence-electron chi connectivity index (χ1n) is 9.96. The first-order valence-corrected chi connectivity index (χ1v) is 11.2. The number of benzene rings is 2. The highest BCUT2D eigenvalue weighted by atomic mass is 35.5. The SMILES string of the molecule is CCOc1ccccc1CCC(=O)NCCN1C(=O)S/C(=C/c2ccc(Cl)cc2)C1=O. The molecule has 1 aliphatic heterocycles. The van der Waals surface area contributed by atoms with Gasteiger partial charge in [-0.15, -0.1) is 0 Å². The zero-order valence-electron chi connectivity index (χ0n) is 17.1. The Morgan fingerprint density at radius 1 is 1.16 bits per heavy atom. The monoisotopic (exact) mass is 458 g/mol. The summed E-state index contributed by atoms with van der Waals surface area (Å²) >= 11 is 6.76. The minimum atomic E-state index is -0.357. The van der Waals surface area contributed by atoms with Crippen molar-refractivity contribution in [1.29, 1.82) is 0 Å². The second-order valence-corrected chi connectivity index (χ2v) is 8.21. The number of carbonyl (C=O) groups is 3. The highest BCUT2D eigenvalue weighted by molar-refractivity contribution is 8.18. The molecule has 1 N–H and O–H groups in total. The van der Waals surface area contributed by atoms with Gasteiger partial charge in [0.05, 0.1) is 11.5 Å². The molecule has 0 bridgehead atoms. The van der Waals surface area contributed by atoms with Gasteiger partial charge < -0.3 is 10.1 Å². The summed E-state index contributed by atoms with van der Waals surface area (Å²) in [6.07, 6.45) is 2.51. The number of hydrogen-bond donors (Lipinski definition) is 1. The molecule has 3 rings (SSSR count). The van der Waals surface area contributed by atoms with Gasteiger partial charge in [-0.2, -0.15) is 0 Å². The van der Waals surface area contributed by atoms with Crippen molar-refractivity contribution in [2.24, 2.45) is 0 Å². The van der Waals surface area contributed by atoms with Crippen molar-refractivity contribution in [2.45, 2.75) is 19.8 Å². The summed E-state index contributed by atoms with van der Waals surface area (Å²) in [7, 11) is 0. The van der Waals surface area contributed by atoms with E-state index in [9.17, 15) is 14.4 Å². The fourth-order valence-corrected chi connectivity index (χ4v) is 4.04. The van der Waals surface area contributed by atoms with Crippen molar-refractivity contribution in [1.82, 2.24) is 10.2 Å². The summed E-state index contributed by atoms with van der Waals surface area (Å²) in [6.45, 7) is 2.81. The van der Waals surface area contributed by atoms with Crippen LogP contribution in [0.1, 0.15) is 24.5 Å². The predicted molar refractivity (Wildman–Crippen MR) is 123 cm³/mol. The Bertz CT molecular complexity index is 991. The van der Waals surface area contributed by atoms with Crippen molar-refractivity contribution >= 4 is 46.5 Å². The molecular weight excluding hydrogens is 436 g/mol. The van der Waals surface area contributed by atoms with Crippen LogP contribution < -0.4 is 10.1 Å². The van der Waals surface area contributed by atoms with Crippen LogP contribution in [0, 0.1) is 0 Å². The van der Waals surface area contributed by atoms with Crippen LogP contribution in [-0.2, 0) is 16.0 Å². The van der Waals surface area contributed by atoms with Crippen molar-refractivity contribution in [3.8, 4) is 5.75 Å². The second kappa shape index (κ2) is 11.0. The molecule has 3 amide bonds. The first kappa shape index (κ1) is 22.9. The van der Waals surface area contributed by atoms with Crippen LogP contribution in [0.15, 0.2) is 53.4 Å². The van der Waals surface area contributed by atoms with E-state index < -0.39 is 0 Å². The van der Waals surface area contributed by atoms with E-state index in [4.69, 9.17) is 16.3 Å². The number of amides is 3. The lowest BCUT2D eigenvalue weighted by atomic mass is 10.1. The van der Waals surface area contributed by atoms with Gasteiger partial charge in [0.1, 0.15) is 5.75 Å². The Morgan fingerprint density at radius 2 is 1.90 bits per heavy atom. The number of hydrogen-bond acceptors (Lipinski definition) is 5. The van der Waals surface area contributed by atoms with Gasteiger partial charge in [-0.3, -0.25) is 19.3 Å². The lowest BCUT2D eigenvalue weighted by Gasteiger charge is -2.13. The number of nitrogens with zero attached hydrogens (tertiary/aromatic N) is 1. The Kier molecular flexibility index (Phi) is 8.14. The molecule has 0 atom stereocenters. The standard InChI is InChI=1S/C23H23ClN2O4S/c1-2-30-19-6-4-3-5-17(19)9-12-21(27)25-13-14-26-22(28)20(31-23(26)29)15-16-7-10-18(24)11-8-16/h3-8,10-11,15H,2,9,12-14H2,1H3,(H,25,27)/b20-15+. The fraction of sp³-hybridized carbons (Fsp3) is 0.261. The van der Waals surface area contributed by atoms with E-state index in [1.165, 1.54) is 0 Å². The molecule has 0 saturated carbocycles. The van der Waals surface area contributed by atoms with E-state index in [-0.39, 0.29) is 30.1 Å². The summed E-state index contributed by atoms with van der Waals surface area (Å²) in [6, 6.07) is 14.6. The number of ether oxygens (including phenoxy) is 1. The molecule has 31 heavy (non-hydrogen) atoms. The smallest absolute Gasteiger partial charge is 0.293 e. The van der Waals surface area contributed by atoms with Gasteiger partial charge in [-0.05, 0) is 60.5 Å². The zero-order chi connectivity index (χ0) is 22.2. The number of nitrogens with one attached hydrogen (secondary N) is 1. The van der Waals surface area contributed by atoms with Crippen LogP contribution >= 0.6 is 23.4 Å². The third-order valence-corrected chi connectivity index (χ3v) is 5.75. The van der Waals surface area contributed by atoms with Gasteiger partial charge in [0.25, 0.3) is 11.1 Å². The number of para-hydroxylation sites is 1. The van der Waals surface area contributed by atoms with E-state index >= 15 is 0 Å². The van der Waals surface area contributed by atoms with Crippen LogP contribution in [0.25, 0.3) is 6.08 Å². The molecule has 0 unspecified atom stereocenters. The summed E-state index contributed by atoms with van der Waals surface area (Å²) < 4.78 is 5.57. The zero-order valence-corrected chi connectivity index (χ0v) is 18.7. The summed E-state index contributed by atoms with van der Waals surface area (Å²) in [5.74, 6) is 0.280. The third kappa shape index (κ3) is 6.35. The van der Waals surface area contributed by atoms with E-state index in [1.807, 2.05) is 31.2 Å². The van der Waals surface area contributed by atoms with Crippen LogP contribution in [0.4, 0.5) is 4.79 Å². The van der Waals surface area contributed by atoms with Gasteiger partial charge in [-0.1, -0.05) is 41.9 Å². The third-order valence-electron chi connectivity index (χ3n) is 4.59. The first-order chi connectivity index (χ1) is 15.0. The molecule has 8 heteroatoms. The highest BCUT2D eigenvalue weighted by Crippen LogP contribution is 2.32. The lowest BCUT2D eigenvalue weighted by Crippen LogP contribution is -2.37. The van der Waals surface area contributed by atoms with E-state index in [0.29, 0.717) is 29.4 Å². The average Bonchev–Trinajstić information content (AvgIpc) is 3.02. The van der Waals surface area contributed by atoms with Crippen LogP contribution in [-0.4, -0.2) is 41.6 Å². The quantitative estimate of drug-likeness (QED) is 0.559. The van der Waals surface area contributed by atoms with Crippen molar-refractivity contribution in [3.63, 3.8) is 0 Å². The molecule has 162 valence electrons. The highest BCUT2D eigenvalue weighted by Gasteiger charge is 2.34. The van der Waals surface area contributed by atoms with Gasteiger partial charge in [-0.25, -0.2) is 0 Å². The summed E-state index contributed by atoms with van der Waals surface area (Å²) in [4.78, 5) is 38.4. The maximum absolute atomic E-state index is 12.5. The largest absolute Gasteiger partial charge is 0.494 e. The average molecular weight is 459 g/mol. The minimum Gasteiger partial charge on any atom is -0.494 e. The topological polar surface area (TPSA) is 75.7 Å². The Morgan fingerprint density at radius 3 is 2.65 bits per heavy atom. The van der Waals surface area contributed by atoms with Crippen LogP contribution in [0.5, 0.6) is 5.75 Å². The number of rotatable bonds is 9. The van der Waals surface area contributed by atoms with Crippen LogP contribution in [0.3, 0.4) is 0 Å². The number of carbonyl (C=O) groups excluding carboxylic acids is 3. The molecule has 1 heterocycles. The van der Waals surface area contributed by atoms with Gasteiger partial charge >= 0.3 is 0 Å². The van der Waals surface area contributed by atoms with Gasteiger partial charge in [0.15, 0.2) is 0 Å². The van der Waals surface area contributed by atoms with Gasteiger partial charge in [0, 0.05) is 24.5 Å². The summed E-state index contributed by atoms with van der Waals surface area (Å²) in [5, 5.41) is 3.03. The van der Waals surface area contributed by atoms with E-state index in [1.54, 1.807) is 30.3 Å². The molecule has 1 saturated heterocycles.